The number of hydrogen-bond acceptors (Lipinski definition) is 3. The Bertz CT molecular complexity index is 363. The molecule has 1 heterocycles. The minimum Gasteiger partial charge on any atom is -0.486 e. The van der Waals surface area contributed by atoms with Crippen molar-refractivity contribution in [2.24, 2.45) is 5.73 Å². The Kier molecular flexibility index (Phi) is 2.82. The molecular weight excluding hydrogens is 190 g/mol. The lowest BCUT2D eigenvalue weighted by molar-refractivity contribution is 0.171. The predicted octanol–water partition coefficient (Wildman–Crippen LogP) is 2.18. The molecule has 1 unspecified atom stereocenters. The summed E-state index contributed by atoms with van der Waals surface area (Å²) in [6.07, 6.45) is 0.931. The molecule has 2 rings (SSSR count). The normalized spacial score (nSPS) is 16.2. The van der Waals surface area contributed by atoms with E-state index in [0.717, 1.165) is 23.5 Å². The molecule has 0 radical (unpaired) electrons. The highest BCUT2D eigenvalue weighted by molar-refractivity contribution is 5.48. The van der Waals surface area contributed by atoms with Gasteiger partial charge in [0.25, 0.3) is 0 Å². The van der Waals surface area contributed by atoms with Gasteiger partial charge in [-0.25, -0.2) is 0 Å². The Morgan fingerprint density at radius 1 is 1.27 bits per heavy atom. The van der Waals surface area contributed by atoms with Gasteiger partial charge in [0.2, 0.25) is 0 Å². The van der Waals surface area contributed by atoms with E-state index in [2.05, 4.69) is 13.8 Å². The lowest BCUT2D eigenvalue weighted by Gasteiger charge is -2.22. The van der Waals surface area contributed by atoms with Crippen LogP contribution in [0.25, 0.3) is 0 Å². The van der Waals surface area contributed by atoms with Gasteiger partial charge in [0.15, 0.2) is 11.5 Å². The van der Waals surface area contributed by atoms with Gasteiger partial charge in [-0.1, -0.05) is 6.92 Å². The van der Waals surface area contributed by atoms with Gasteiger partial charge >= 0.3 is 0 Å². The third-order valence-corrected chi connectivity index (χ3v) is 2.77. The molecular formula is C12H17NO2. The van der Waals surface area contributed by atoms with E-state index in [1.807, 2.05) is 12.1 Å². The fourth-order valence-electron chi connectivity index (χ4n) is 1.83. The number of rotatable bonds is 2. The first kappa shape index (κ1) is 10.3. The van der Waals surface area contributed by atoms with Crippen molar-refractivity contribution in [3.8, 4) is 11.5 Å². The molecule has 1 aliphatic rings. The molecule has 82 valence electrons. The van der Waals surface area contributed by atoms with Crippen LogP contribution in [0.4, 0.5) is 0 Å². The van der Waals surface area contributed by atoms with Crippen LogP contribution in [0.5, 0.6) is 11.5 Å². The molecule has 0 saturated carbocycles. The zero-order valence-electron chi connectivity index (χ0n) is 9.25. The van der Waals surface area contributed by atoms with E-state index in [0.29, 0.717) is 13.2 Å². The molecule has 3 heteroatoms. The van der Waals surface area contributed by atoms with Gasteiger partial charge in [0.05, 0.1) is 0 Å². The van der Waals surface area contributed by atoms with Gasteiger partial charge in [-0.05, 0) is 36.6 Å². The summed E-state index contributed by atoms with van der Waals surface area (Å²) in [5.41, 5.74) is 8.36. The summed E-state index contributed by atoms with van der Waals surface area (Å²) in [7, 11) is 0. The highest BCUT2D eigenvalue weighted by atomic mass is 16.6. The van der Waals surface area contributed by atoms with Crippen LogP contribution >= 0.6 is 0 Å². The lowest BCUT2D eigenvalue weighted by atomic mass is 9.99. The molecule has 1 atom stereocenters. The molecule has 3 nitrogen and oxygen atoms in total. The molecule has 1 aliphatic heterocycles. The Balaban J connectivity index is 2.40. The third kappa shape index (κ3) is 1.92. The number of hydrogen-bond donors (Lipinski definition) is 1. The SMILES string of the molecule is CCC(N)c1cc2c(cc1C)OCCO2. The number of ether oxygens (including phenoxy) is 2. The molecule has 1 aromatic rings. The Morgan fingerprint density at radius 3 is 2.47 bits per heavy atom. The average molecular weight is 207 g/mol. The lowest BCUT2D eigenvalue weighted by Crippen LogP contribution is -2.17. The molecule has 0 aromatic heterocycles. The first-order chi connectivity index (χ1) is 7.22. The van der Waals surface area contributed by atoms with E-state index < -0.39 is 0 Å². The van der Waals surface area contributed by atoms with Crippen LogP contribution in [0.2, 0.25) is 0 Å². The summed E-state index contributed by atoms with van der Waals surface area (Å²) in [6, 6.07) is 4.11. The highest BCUT2D eigenvalue weighted by Gasteiger charge is 2.16. The average Bonchev–Trinajstić information content (AvgIpc) is 2.27. The molecule has 0 saturated heterocycles. The van der Waals surface area contributed by atoms with Gasteiger partial charge in [0.1, 0.15) is 13.2 Å². The number of aryl methyl sites for hydroxylation is 1. The fraction of sp³-hybridized carbons (Fsp3) is 0.500. The quantitative estimate of drug-likeness (QED) is 0.808. The van der Waals surface area contributed by atoms with E-state index in [9.17, 15) is 0 Å². The highest BCUT2D eigenvalue weighted by Crippen LogP contribution is 2.35. The number of nitrogens with two attached hydrogens (primary N) is 1. The van der Waals surface area contributed by atoms with Crippen LogP contribution in [0.15, 0.2) is 12.1 Å². The molecule has 15 heavy (non-hydrogen) atoms. The van der Waals surface area contributed by atoms with Crippen molar-refractivity contribution in [1.82, 2.24) is 0 Å². The summed E-state index contributed by atoms with van der Waals surface area (Å²) in [4.78, 5) is 0. The van der Waals surface area contributed by atoms with Crippen LogP contribution in [-0.2, 0) is 0 Å². The minimum absolute atomic E-state index is 0.0841. The largest absolute Gasteiger partial charge is 0.486 e. The molecule has 0 amide bonds. The summed E-state index contributed by atoms with van der Waals surface area (Å²) < 4.78 is 11.0. The maximum absolute atomic E-state index is 6.03. The van der Waals surface area contributed by atoms with Crippen molar-refractivity contribution in [1.29, 1.82) is 0 Å². The fourth-order valence-corrected chi connectivity index (χ4v) is 1.83. The molecule has 2 N–H and O–H groups in total. The van der Waals surface area contributed by atoms with E-state index in [4.69, 9.17) is 15.2 Å². The summed E-state index contributed by atoms with van der Waals surface area (Å²) >= 11 is 0. The first-order valence-corrected chi connectivity index (χ1v) is 5.38. The van der Waals surface area contributed by atoms with Crippen LogP contribution in [0, 0.1) is 6.92 Å². The zero-order valence-corrected chi connectivity index (χ0v) is 9.25. The van der Waals surface area contributed by atoms with E-state index in [1.165, 1.54) is 5.56 Å². The van der Waals surface area contributed by atoms with E-state index in [1.54, 1.807) is 0 Å². The van der Waals surface area contributed by atoms with Gasteiger partial charge < -0.3 is 15.2 Å². The van der Waals surface area contributed by atoms with E-state index in [-0.39, 0.29) is 6.04 Å². The third-order valence-electron chi connectivity index (χ3n) is 2.77. The second-order valence-electron chi connectivity index (χ2n) is 3.87. The van der Waals surface area contributed by atoms with Crippen molar-refractivity contribution in [2.45, 2.75) is 26.3 Å². The van der Waals surface area contributed by atoms with Crippen LogP contribution in [0.3, 0.4) is 0 Å². The van der Waals surface area contributed by atoms with Crippen molar-refractivity contribution in [3.05, 3.63) is 23.3 Å². The van der Waals surface area contributed by atoms with E-state index >= 15 is 0 Å². The molecule has 0 aliphatic carbocycles. The van der Waals surface area contributed by atoms with Gasteiger partial charge in [0, 0.05) is 6.04 Å². The van der Waals surface area contributed by atoms with Crippen LogP contribution < -0.4 is 15.2 Å². The molecule has 0 fully saturated rings. The Hall–Kier alpha value is -1.22. The smallest absolute Gasteiger partial charge is 0.161 e. The summed E-state index contributed by atoms with van der Waals surface area (Å²) in [5.74, 6) is 1.66. The van der Waals surface area contributed by atoms with Crippen molar-refractivity contribution in [3.63, 3.8) is 0 Å². The zero-order chi connectivity index (χ0) is 10.8. The molecule has 0 spiro atoms. The Morgan fingerprint density at radius 2 is 1.87 bits per heavy atom. The number of fused-ring (bicyclic) bond motifs is 1. The van der Waals surface area contributed by atoms with Crippen molar-refractivity contribution >= 4 is 0 Å². The minimum atomic E-state index is 0.0841. The Labute approximate surface area is 90.2 Å². The predicted molar refractivity (Wildman–Crippen MR) is 59.4 cm³/mol. The molecule has 0 bridgehead atoms. The maximum Gasteiger partial charge on any atom is 0.161 e. The van der Waals surface area contributed by atoms with Gasteiger partial charge in [-0.2, -0.15) is 0 Å². The number of benzene rings is 1. The van der Waals surface area contributed by atoms with Gasteiger partial charge in [-0.3, -0.25) is 0 Å². The van der Waals surface area contributed by atoms with Crippen molar-refractivity contribution in [2.75, 3.05) is 13.2 Å². The standard InChI is InChI=1S/C12H17NO2/c1-3-10(13)9-7-12-11(6-8(9)2)14-4-5-15-12/h6-7,10H,3-5,13H2,1-2H3. The summed E-state index contributed by atoms with van der Waals surface area (Å²) in [6.45, 7) is 5.40. The van der Waals surface area contributed by atoms with Crippen LogP contribution in [0.1, 0.15) is 30.5 Å². The second-order valence-corrected chi connectivity index (χ2v) is 3.87. The molecule has 1 aromatic carbocycles. The second kappa shape index (κ2) is 4.11. The summed E-state index contributed by atoms with van der Waals surface area (Å²) in [5, 5.41) is 0. The van der Waals surface area contributed by atoms with Crippen molar-refractivity contribution < 1.29 is 9.47 Å². The monoisotopic (exact) mass is 207 g/mol. The topological polar surface area (TPSA) is 44.5 Å². The first-order valence-electron chi connectivity index (χ1n) is 5.38. The van der Waals surface area contributed by atoms with Gasteiger partial charge in [-0.15, -0.1) is 0 Å². The maximum atomic E-state index is 6.03. The van der Waals surface area contributed by atoms with Crippen LogP contribution in [-0.4, -0.2) is 13.2 Å².